The fourth-order valence-electron chi connectivity index (χ4n) is 1.14. The monoisotopic (exact) mass is 174 g/mol. The number of rotatable bonds is 0. The van der Waals surface area contributed by atoms with Gasteiger partial charge in [0.2, 0.25) is 0 Å². The van der Waals surface area contributed by atoms with Crippen LogP contribution in [0.15, 0.2) is 36.5 Å². The second-order valence-corrected chi connectivity index (χ2v) is 2.42. The Kier molecular flexibility index (Phi) is 3.26. The fourth-order valence-corrected chi connectivity index (χ4v) is 1.14. The van der Waals surface area contributed by atoms with Crippen LogP contribution in [0.25, 0.3) is 10.8 Å². The van der Waals surface area contributed by atoms with E-state index in [-0.39, 0.29) is 0 Å². The van der Waals surface area contributed by atoms with Gasteiger partial charge in [-0.15, -0.1) is 0 Å². The number of nitrogens with zero attached hydrogens (tertiary/aromatic N) is 1. The average Bonchev–Trinajstić information content (AvgIpc) is 2.22. The van der Waals surface area contributed by atoms with Crippen molar-refractivity contribution in [1.82, 2.24) is 4.98 Å². The maximum Gasteiger partial charge on any atom is 0.131 e. The molecule has 0 aliphatic rings. The van der Waals surface area contributed by atoms with Gasteiger partial charge in [-0.3, -0.25) is 0 Å². The van der Waals surface area contributed by atoms with Crippen molar-refractivity contribution in [2.24, 2.45) is 0 Å². The minimum Gasteiger partial charge on any atom is -0.383 e. The number of anilines is 1. The van der Waals surface area contributed by atoms with Crippen LogP contribution in [0.3, 0.4) is 0 Å². The van der Waals surface area contributed by atoms with Gasteiger partial charge >= 0.3 is 0 Å². The van der Waals surface area contributed by atoms with Gasteiger partial charge in [0.1, 0.15) is 5.82 Å². The second kappa shape index (κ2) is 4.45. The Morgan fingerprint density at radius 3 is 2.46 bits per heavy atom. The van der Waals surface area contributed by atoms with Crippen molar-refractivity contribution in [2.45, 2.75) is 13.8 Å². The quantitative estimate of drug-likeness (QED) is 0.667. The Labute approximate surface area is 78.4 Å². The number of fused-ring (bicyclic) bond motifs is 1. The molecule has 1 aromatic heterocycles. The summed E-state index contributed by atoms with van der Waals surface area (Å²) < 4.78 is 0. The van der Waals surface area contributed by atoms with Gasteiger partial charge in [0.15, 0.2) is 0 Å². The molecule has 0 aliphatic heterocycles. The van der Waals surface area contributed by atoms with E-state index in [1.807, 2.05) is 44.2 Å². The third kappa shape index (κ3) is 1.96. The van der Waals surface area contributed by atoms with E-state index in [4.69, 9.17) is 5.73 Å². The molecule has 0 fully saturated rings. The second-order valence-electron chi connectivity index (χ2n) is 2.42. The fraction of sp³-hybridized carbons (Fsp3) is 0.182. The first-order chi connectivity index (χ1) is 6.38. The molecule has 2 rings (SSSR count). The summed E-state index contributed by atoms with van der Waals surface area (Å²) in [5.41, 5.74) is 5.65. The number of benzene rings is 1. The SMILES string of the molecule is CC.Nc1nccc2ccccc12. The zero-order chi connectivity index (χ0) is 9.68. The highest BCUT2D eigenvalue weighted by atomic mass is 14.8. The topological polar surface area (TPSA) is 38.9 Å². The first-order valence-electron chi connectivity index (χ1n) is 4.47. The summed E-state index contributed by atoms with van der Waals surface area (Å²) in [7, 11) is 0. The number of hydrogen-bond donors (Lipinski definition) is 1. The van der Waals surface area contributed by atoms with Crippen molar-refractivity contribution in [3.8, 4) is 0 Å². The summed E-state index contributed by atoms with van der Waals surface area (Å²) >= 11 is 0. The van der Waals surface area contributed by atoms with E-state index in [2.05, 4.69) is 4.98 Å². The highest BCUT2D eigenvalue weighted by Crippen LogP contribution is 2.16. The molecule has 13 heavy (non-hydrogen) atoms. The number of pyridine rings is 1. The molecule has 2 heteroatoms. The van der Waals surface area contributed by atoms with Crippen LogP contribution in [0.2, 0.25) is 0 Å². The Morgan fingerprint density at radius 2 is 1.77 bits per heavy atom. The van der Waals surface area contributed by atoms with E-state index in [9.17, 15) is 0 Å². The number of hydrogen-bond acceptors (Lipinski definition) is 2. The summed E-state index contributed by atoms with van der Waals surface area (Å²) in [4.78, 5) is 3.99. The largest absolute Gasteiger partial charge is 0.383 e. The Bertz CT molecular complexity index is 377. The smallest absolute Gasteiger partial charge is 0.131 e. The molecule has 0 spiro atoms. The highest BCUT2D eigenvalue weighted by molar-refractivity contribution is 5.90. The van der Waals surface area contributed by atoms with Crippen molar-refractivity contribution >= 4 is 16.6 Å². The van der Waals surface area contributed by atoms with Crippen LogP contribution in [-0.4, -0.2) is 4.98 Å². The Morgan fingerprint density at radius 1 is 1.08 bits per heavy atom. The number of nitrogens with two attached hydrogens (primary N) is 1. The maximum atomic E-state index is 5.65. The maximum absolute atomic E-state index is 5.65. The van der Waals surface area contributed by atoms with Crippen LogP contribution >= 0.6 is 0 Å². The lowest BCUT2D eigenvalue weighted by Crippen LogP contribution is -1.89. The van der Waals surface area contributed by atoms with E-state index < -0.39 is 0 Å². The molecule has 1 heterocycles. The molecular weight excluding hydrogens is 160 g/mol. The molecule has 68 valence electrons. The molecule has 0 bridgehead atoms. The van der Waals surface area contributed by atoms with E-state index in [0.717, 1.165) is 10.8 Å². The predicted molar refractivity (Wildman–Crippen MR) is 57.5 cm³/mol. The number of nitrogen functional groups attached to an aromatic ring is 1. The van der Waals surface area contributed by atoms with Crippen molar-refractivity contribution in [3.05, 3.63) is 36.5 Å². The molecule has 0 amide bonds. The van der Waals surface area contributed by atoms with Gasteiger partial charge in [-0.05, 0) is 11.5 Å². The summed E-state index contributed by atoms with van der Waals surface area (Å²) in [5, 5.41) is 2.16. The average molecular weight is 174 g/mol. The lowest BCUT2D eigenvalue weighted by molar-refractivity contribution is 1.37. The van der Waals surface area contributed by atoms with Crippen LogP contribution in [0.1, 0.15) is 13.8 Å². The molecule has 0 unspecified atom stereocenters. The first kappa shape index (κ1) is 9.52. The van der Waals surface area contributed by atoms with Gasteiger partial charge in [-0.1, -0.05) is 38.1 Å². The van der Waals surface area contributed by atoms with Crippen LogP contribution in [0.4, 0.5) is 5.82 Å². The minimum atomic E-state index is 0.600. The molecule has 0 atom stereocenters. The van der Waals surface area contributed by atoms with E-state index in [1.165, 1.54) is 0 Å². The third-order valence-electron chi connectivity index (χ3n) is 1.70. The zero-order valence-electron chi connectivity index (χ0n) is 7.99. The van der Waals surface area contributed by atoms with Gasteiger partial charge in [-0.2, -0.15) is 0 Å². The highest BCUT2D eigenvalue weighted by Gasteiger charge is 1.94. The molecule has 1 aromatic carbocycles. The van der Waals surface area contributed by atoms with Crippen molar-refractivity contribution in [3.63, 3.8) is 0 Å². The van der Waals surface area contributed by atoms with E-state index in [1.54, 1.807) is 6.20 Å². The first-order valence-corrected chi connectivity index (χ1v) is 4.47. The lowest BCUT2D eigenvalue weighted by Gasteiger charge is -1.97. The molecule has 2 aromatic rings. The van der Waals surface area contributed by atoms with Gasteiger partial charge in [-0.25, -0.2) is 4.98 Å². The Balaban J connectivity index is 0.000000396. The van der Waals surface area contributed by atoms with Gasteiger partial charge in [0.25, 0.3) is 0 Å². The molecule has 2 N–H and O–H groups in total. The minimum absolute atomic E-state index is 0.600. The van der Waals surface area contributed by atoms with Crippen LogP contribution in [0.5, 0.6) is 0 Å². The van der Waals surface area contributed by atoms with Crippen LogP contribution in [0, 0.1) is 0 Å². The summed E-state index contributed by atoms with van der Waals surface area (Å²) in [5.74, 6) is 0.600. The van der Waals surface area contributed by atoms with E-state index >= 15 is 0 Å². The molecule has 0 aliphatic carbocycles. The molecular formula is C11H14N2. The van der Waals surface area contributed by atoms with Gasteiger partial charge in [0, 0.05) is 11.6 Å². The standard InChI is InChI=1S/C9H8N2.C2H6/c10-9-8-4-2-1-3-7(8)5-6-11-9;1-2/h1-6H,(H2,10,11);1-2H3. The van der Waals surface area contributed by atoms with Gasteiger partial charge < -0.3 is 5.73 Å². The van der Waals surface area contributed by atoms with Gasteiger partial charge in [0.05, 0.1) is 0 Å². The molecule has 0 radical (unpaired) electrons. The summed E-state index contributed by atoms with van der Waals surface area (Å²) in [6.45, 7) is 4.00. The zero-order valence-corrected chi connectivity index (χ0v) is 7.99. The predicted octanol–water partition coefficient (Wildman–Crippen LogP) is 2.84. The third-order valence-corrected chi connectivity index (χ3v) is 1.70. The number of aromatic nitrogens is 1. The summed E-state index contributed by atoms with van der Waals surface area (Å²) in [6, 6.07) is 9.89. The summed E-state index contributed by atoms with van der Waals surface area (Å²) in [6.07, 6.45) is 1.72. The Hall–Kier alpha value is -1.57. The van der Waals surface area contributed by atoms with Crippen molar-refractivity contribution < 1.29 is 0 Å². The van der Waals surface area contributed by atoms with Crippen molar-refractivity contribution in [1.29, 1.82) is 0 Å². The van der Waals surface area contributed by atoms with Crippen molar-refractivity contribution in [2.75, 3.05) is 5.73 Å². The molecule has 2 nitrogen and oxygen atoms in total. The van der Waals surface area contributed by atoms with Crippen LogP contribution in [-0.2, 0) is 0 Å². The van der Waals surface area contributed by atoms with E-state index in [0.29, 0.717) is 5.82 Å². The normalized spacial score (nSPS) is 9.08. The molecule has 0 saturated carbocycles. The van der Waals surface area contributed by atoms with Crippen LogP contribution < -0.4 is 5.73 Å². The molecule has 0 saturated heterocycles. The lowest BCUT2D eigenvalue weighted by atomic mass is 10.2.